The molecule has 0 N–H and O–H groups in total. The molecule has 0 unspecified atom stereocenters. The third kappa shape index (κ3) is 3.02. The van der Waals surface area contributed by atoms with Crippen molar-refractivity contribution in [3.8, 4) is 23.1 Å². The zero-order valence-electron chi connectivity index (χ0n) is 14.4. The highest BCUT2D eigenvalue weighted by atomic mass is 32.1. The molecule has 0 aliphatic carbocycles. The monoisotopic (exact) mass is 339 g/mol. The minimum atomic E-state index is 0.150. The number of ether oxygens (including phenoxy) is 1. The first-order valence-corrected chi connectivity index (χ1v) is 9.02. The second-order valence-corrected chi connectivity index (χ2v) is 7.20. The Kier molecular flexibility index (Phi) is 4.59. The average Bonchev–Trinajstić information content (AvgIpc) is 3.08. The van der Waals surface area contributed by atoms with Crippen molar-refractivity contribution in [1.82, 2.24) is 9.38 Å². The standard InChI is InChI=1S/C19H21N3OS/c1-12(2)17-11-24-19-21-18(16(9-10-20)22(17)19)14-5-7-15(8-6-14)23-13(3)4/h5-8,11-13H,9H2,1-4H3. The molecule has 0 spiro atoms. The van der Waals surface area contributed by atoms with Gasteiger partial charge in [0.15, 0.2) is 4.96 Å². The van der Waals surface area contributed by atoms with Crippen molar-refractivity contribution < 1.29 is 4.74 Å². The van der Waals surface area contributed by atoms with Crippen molar-refractivity contribution in [1.29, 1.82) is 5.26 Å². The molecule has 0 aliphatic rings. The van der Waals surface area contributed by atoms with Crippen molar-refractivity contribution in [2.45, 2.75) is 46.1 Å². The number of nitriles is 1. The predicted octanol–water partition coefficient (Wildman–Crippen LogP) is 5.04. The Morgan fingerprint density at radius 3 is 2.50 bits per heavy atom. The zero-order chi connectivity index (χ0) is 17.3. The van der Waals surface area contributed by atoms with Gasteiger partial charge in [-0.05, 0) is 44.0 Å². The molecule has 2 aromatic heterocycles. The van der Waals surface area contributed by atoms with Crippen LogP contribution in [0.3, 0.4) is 0 Å². The Balaban J connectivity index is 2.09. The highest BCUT2D eigenvalue weighted by Gasteiger charge is 2.19. The fraction of sp³-hybridized carbons (Fsp3) is 0.368. The first-order chi connectivity index (χ1) is 11.5. The van der Waals surface area contributed by atoms with Crippen molar-refractivity contribution in [2.24, 2.45) is 0 Å². The van der Waals surface area contributed by atoms with E-state index in [0.717, 1.165) is 27.7 Å². The van der Waals surface area contributed by atoms with Gasteiger partial charge in [0.25, 0.3) is 0 Å². The minimum Gasteiger partial charge on any atom is -0.491 e. The Labute approximate surface area is 146 Å². The lowest BCUT2D eigenvalue weighted by atomic mass is 10.1. The average molecular weight is 339 g/mol. The number of benzene rings is 1. The van der Waals surface area contributed by atoms with Crippen LogP contribution in [0.4, 0.5) is 0 Å². The quantitative estimate of drug-likeness (QED) is 0.654. The molecule has 3 rings (SSSR count). The highest BCUT2D eigenvalue weighted by molar-refractivity contribution is 7.15. The van der Waals surface area contributed by atoms with E-state index in [4.69, 9.17) is 9.72 Å². The molecule has 0 saturated carbocycles. The molecule has 5 heteroatoms. The Bertz CT molecular complexity index is 882. The maximum Gasteiger partial charge on any atom is 0.194 e. The summed E-state index contributed by atoms with van der Waals surface area (Å²) in [5, 5.41) is 11.4. The van der Waals surface area contributed by atoms with Gasteiger partial charge in [-0.1, -0.05) is 13.8 Å². The summed E-state index contributed by atoms with van der Waals surface area (Å²) in [5.74, 6) is 1.24. The summed E-state index contributed by atoms with van der Waals surface area (Å²) in [5.41, 5.74) is 4.08. The predicted molar refractivity (Wildman–Crippen MR) is 97.7 cm³/mol. The number of nitrogens with zero attached hydrogens (tertiary/aromatic N) is 3. The lowest BCUT2D eigenvalue weighted by molar-refractivity contribution is 0.242. The minimum absolute atomic E-state index is 0.150. The third-order valence-corrected chi connectivity index (χ3v) is 4.67. The first-order valence-electron chi connectivity index (χ1n) is 8.14. The van der Waals surface area contributed by atoms with Crippen LogP contribution in [0.25, 0.3) is 16.2 Å². The van der Waals surface area contributed by atoms with E-state index in [0.29, 0.717) is 12.3 Å². The number of rotatable bonds is 5. The van der Waals surface area contributed by atoms with Crippen LogP contribution < -0.4 is 4.74 Å². The van der Waals surface area contributed by atoms with Crippen molar-refractivity contribution in [3.05, 3.63) is 41.0 Å². The van der Waals surface area contributed by atoms with Crippen LogP contribution in [-0.2, 0) is 6.42 Å². The van der Waals surface area contributed by atoms with Gasteiger partial charge >= 0.3 is 0 Å². The van der Waals surface area contributed by atoms with Gasteiger partial charge in [-0.3, -0.25) is 4.40 Å². The molecule has 0 amide bonds. The fourth-order valence-electron chi connectivity index (χ4n) is 2.77. The summed E-state index contributed by atoms with van der Waals surface area (Å²) in [6, 6.07) is 10.2. The Hall–Kier alpha value is -2.32. The second-order valence-electron chi connectivity index (χ2n) is 6.37. The van der Waals surface area contributed by atoms with E-state index in [-0.39, 0.29) is 6.10 Å². The topological polar surface area (TPSA) is 50.3 Å². The van der Waals surface area contributed by atoms with Crippen LogP contribution in [0, 0.1) is 11.3 Å². The van der Waals surface area contributed by atoms with Crippen LogP contribution >= 0.6 is 11.3 Å². The second kappa shape index (κ2) is 6.66. The van der Waals surface area contributed by atoms with E-state index in [2.05, 4.69) is 29.7 Å². The van der Waals surface area contributed by atoms with Crippen LogP contribution in [0.15, 0.2) is 29.6 Å². The number of thiazole rings is 1. The Morgan fingerprint density at radius 2 is 1.92 bits per heavy atom. The lowest BCUT2D eigenvalue weighted by Crippen LogP contribution is -2.05. The molecule has 1 aromatic carbocycles. The fourth-order valence-corrected chi connectivity index (χ4v) is 3.84. The third-order valence-electron chi connectivity index (χ3n) is 3.82. The van der Waals surface area contributed by atoms with Crippen molar-refractivity contribution >= 4 is 16.3 Å². The van der Waals surface area contributed by atoms with E-state index < -0.39 is 0 Å². The van der Waals surface area contributed by atoms with E-state index in [9.17, 15) is 5.26 Å². The molecule has 0 fully saturated rings. The number of hydrogen-bond acceptors (Lipinski definition) is 4. The van der Waals surface area contributed by atoms with Crippen LogP contribution in [-0.4, -0.2) is 15.5 Å². The van der Waals surface area contributed by atoms with Crippen LogP contribution in [0.2, 0.25) is 0 Å². The van der Waals surface area contributed by atoms with Crippen LogP contribution in [0.5, 0.6) is 5.75 Å². The van der Waals surface area contributed by atoms with Gasteiger partial charge in [-0.25, -0.2) is 4.98 Å². The summed E-state index contributed by atoms with van der Waals surface area (Å²) >= 11 is 1.63. The number of fused-ring (bicyclic) bond motifs is 1. The van der Waals surface area contributed by atoms with E-state index in [1.807, 2.05) is 38.1 Å². The SMILES string of the molecule is CC(C)Oc1ccc(-c2nc3scc(C(C)C)n3c2CC#N)cc1. The molecule has 0 aliphatic heterocycles. The molecule has 3 aromatic rings. The molecule has 124 valence electrons. The molecule has 4 nitrogen and oxygen atoms in total. The normalized spacial score (nSPS) is 11.4. The highest BCUT2D eigenvalue weighted by Crippen LogP contribution is 2.32. The molecule has 0 saturated heterocycles. The van der Waals surface area contributed by atoms with Gasteiger partial charge in [0.05, 0.1) is 30.0 Å². The van der Waals surface area contributed by atoms with Gasteiger partial charge in [0, 0.05) is 16.6 Å². The van der Waals surface area contributed by atoms with Crippen LogP contribution in [0.1, 0.15) is 45.0 Å². The van der Waals surface area contributed by atoms with E-state index >= 15 is 0 Å². The maximum absolute atomic E-state index is 9.27. The lowest BCUT2D eigenvalue weighted by Gasteiger charge is -2.10. The Morgan fingerprint density at radius 1 is 1.21 bits per heavy atom. The molecule has 0 atom stereocenters. The van der Waals surface area contributed by atoms with E-state index in [1.54, 1.807) is 11.3 Å². The number of hydrogen-bond donors (Lipinski definition) is 0. The molecular formula is C19H21N3OS. The van der Waals surface area contributed by atoms with Gasteiger partial charge in [0.2, 0.25) is 0 Å². The summed E-state index contributed by atoms with van der Waals surface area (Å²) < 4.78 is 7.85. The van der Waals surface area contributed by atoms with Crippen molar-refractivity contribution in [2.75, 3.05) is 0 Å². The van der Waals surface area contributed by atoms with Gasteiger partial charge in [-0.2, -0.15) is 5.26 Å². The number of aromatic nitrogens is 2. The molecule has 0 bridgehead atoms. The zero-order valence-corrected chi connectivity index (χ0v) is 15.2. The smallest absolute Gasteiger partial charge is 0.194 e. The maximum atomic E-state index is 9.27. The first kappa shape index (κ1) is 16.5. The summed E-state index contributed by atoms with van der Waals surface area (Å²) in [7, 11) is 0. The molecular weight excluding hydrogens is 318 g/mol. The largest absolute Gasteiger partial charge is 0.491 e. The number of imidazole rings is 1. The molecule has 24 heavy (non-hydrogen) atoms. The van der Waals surface area contributed by atoms with Gasteiger partial charge in [0.1, 0.15) is 5.75 Å². The molecule has 2 heterocycles. The van der Waals surface area contributed by atoms with Gasteiger partial charge in [-0.15, -0.1) is 11.3 Å². The summed E-state index contributed by atoms with van der Waals surface area (Å²) in [6.45, 7) is 8.34. The summed E-state index contributed by atoms with van der Waals surface area (Å²) in [4.78, 5) is 5.73. The van der Waals surface area contributed by atoms with Gasteiger partial charge < -0.3 is 4.74 Å². The summed E-state index contributed by atoms with van der Waals surface area (Å²) in [6.07, 6.45) is 0.494. The molecule has 0 radical (unpaired) electrons. The van der Waals surface area contributed by atoms with E-state index in [1.165, 1.54) is 5.69 Å². The van der Waals surface area contributed by atoms with Crippen molar-refractivity contribution in [3.63, 3.8) is 0 Å².